The molecule has 0 saturated heterocycles. The Morgan fingerprint density at radius 1 is 0.829 bits per heavy atom. The van der Waals surface area contributed by atoms with Gasteiger partial charge in [-0.2, -0.15) is 12.6 Å². The van der Waals surface area contributed by atoms with Crippen molar-refractivity contribution >= 4 is 52.1 Å². The zero-order valence-electron chi connectivity index (χ0n) is 23.0. The fourth-order valence-corrected chi connectivity index (χ4v) is 5.43. The van der Waals surface area contributed by atoms with Crippen LogP contribution in [0.5, 0.6) is 0 Å². The van der Waals surface area contributed by atoms with Gasteiger partial charge in [-0.25, -0.2) is 0 Å². The van der Waals surface area contributed by atoms with Crippen LogP contribution in [0.4, 0.5) is 0 Å². The third kappa shape index (κ3) is 9.57. The van der Waals surface area contributed by atoms with Gasteiger partial charge in [0.25, 0.3) is 0 Å². The Balaban J connectivity index is 0.000000189. The largest absolute Gasteiger partial charge is 0.351 e. The van der Waals surface area contributed by atoms with Crippen molar-refractivity contribution in [2.75, 3.05) is 12.3 Å². The molecule has 0 fully saturated rings. The van der Waals surface area contributed by atoms with Crippen molar-refractivity contribution < 1.29 is 4.79 Å². The molecule has 0 spiro atoms. The first-order valence-electron chi connectivity index (χ1n) is 13.8. The predicted octanol–water partition coefficient (Wildman–Crippen LogP) is 6.03. The number of amides is 1. The summed E-state index contributed by atoms with van der Waals surface area (Å²) in [4.78, 5) is 23.3. The van der Waals surface area contributed by atoms with Crippen LogP contribution in [0.1, 0.15) is 24.8 Å². The number of fused-ring (bicyclic) bond motifs is 2. The molecule has 8 heteroatoms. The molecule has 0 aliphatic rings. The van der Waals surface area contributed by atoms with E-state index >= 15 is 0 Å². The molecule has 5 N–H and O–H groups in total. The zero-order chi connectivity index (χ0) is 28.9. The number of aromatic nitrogens is 2. The summed E-state index contributed by atoms with van der Waals surface area (Å²) < 4.78 is 0. The highest BCUT2D eigenvalue weighted by Crippen LogP contribution is 2.30. The Kier molecular flexibility index (Phi) is 12.0. The standard InChI is InChI=1S/C18H12N2S.C15H25N3OS/c1-3-7-17-13(5-1)9-15(11-19-17)21-16-10-14-6-2-4-8-18(14)20-12-16;16-9-5-4-8-14(17)15(19)18-13(11-20)10-12-6-2-1-3-7-12/h1-12H;1-3,6-7,13-14,20H,4-5,8-11,16-17H2,(H,18,19)/t;13-,14-/m.1/s1. The van der Waals surface area contributed by atoms with Crippen molar-refractivity contribution in [3.63, 3.8) is 0 Å². The van der Waals surface area contributed by atoms with Crippen LogP contribution in [0.15, 0.2) is 113 Å². The number of nitrogens with two attached hydrogens (primary N) is 2. The van der Waals surface area contributed by atoms with Crippen LogP contribution in [0.3, 0.4) is 0 Å². The van der Waals surface area contributed by atoms with Gasteiger partial charge in [0.1, 0.15) is 0 Å². The maximum Gasteiger partial charge on any atom is 0.237 e. The molecule has 5 rings (SSSR count). The van der Waals surface area contributed by atoms with Gasteiger partial charge in [-0.05, 0) is 55.6 Å². The monoisotopic (exact) mass is 583 g/mol. The Morgan fingerprint density at radius 3 is 1.95 bits per heavy atom. The minimum absolute atomic E-state index is 0.00814. The molecule has 0 radical (unpaired) electrons. The Hall–Kier alpha value is -3.43. The summed E-state index contributed by atoms with van der Waals surface area (Å²) in [7, 11) is 0. The average molecular weight is 584 g/mol. The molecule has 3 aromatic carbocycles. The fraction of sp³-hybridized carbons (Fsp3) is 0.242. The lowest BCUT2D eigenvalue weighted by atomic mass is 10.1. The van der Waals surface area contributed by atoms with Crippen LogP contribution < -0.4 is 16.8 Å². The van der Waals surface area contributed by atoms with Crippen LogP contribution in [0, 0.1) is 0 Å². The van der Waals surface area contributed by atoms with E-state index in [1.165, 1.54) is 5.56 Å². The average Bonchev–Trinajstić information content (AvgIpc) is 3.01. The summed E-state index contributed by atoms with van der Waals surface area (Å²) in [5.41, 5.74) is 14.5. The van der Waals surface area contributed by atoms with Crippen molar-refractivity contribution in [2.24, 2.45) is 11.5 Å². The second kappa shape index (κ2) is 16.1. The van der Waals surface area contributed by atoms with Gasteiger partial charge in [-0.3, -0.25) is 14.8 Å². The molecule has 0 aliphatic heterocycles. The SMILES string of the molecule is NCCCC[C@@H](N)C(=O)N[C@@H](CS)Cc1ccccc1.c1ccc2ncc(Sc3cnc4ccccc4c3)cc2c1. The van der Waals surface area contributed by atoms with Gasteiger partial charge in [0.15, 0.2) is 0 Å². The number of carbonyl (C=O) groups is 1. The second-order valence-corrected chi connectivity index (χ2v) is 11.3. The summed E-state index contributed by atoms with van der Waals surface area (Å²) in [5.74, 6) is 0.493. The van der Waals surface area contributed by atoms with E-state index in [2.05, 4.69) is 52.2 Å². The minimum atomic E-state index is -0.459. The molecule has 2 aromatic heterocycles. The van der Waals surface area contributed by atoms with Crippen molar-refractivity contribution in [3.05, 3.63) is 109 Å². The van der Waals surface area contributed by atoms with E-state index < -0.39 is 6.04 Å². The third-order valence-electron chi connectivity index (χ3n) is 6.56. The lowest BCUT2D eigenvalue weighted by Crippen LogP contribution is -2.46. The normalized spacial score (nSPS) is 12.4. The lowest BCUT2D eigenvalue weighted by Gasteiger charge is -2.19. The third-order valence-corrected chi connectivity index (χ3v) is 7.92. The lowest BCUT2D eigenvalue weighted by molar-refractivity contribution is -0.123. The van der Waals surface area contributed by atoms with Crippen molar-refractivity contribution in [1.82, 2.24) is 15.3 Å². The molecule has 41 heavy (non-hydrogen) atoms. The van der Waals surface area contributed by atoms with Gasteiger partial charge in [0.05, 0.1) is 17.1 Å². The summed E-state index contributed by atoms with van der Waals surface area (Å²) in [6.07, 6.45) is 7.07. The van der Waals surface area contributed by atoms with Crippen LogP contribution >= 0.6 is 24.4 Å². The molecule has 6 nitrogen and oxygen atoms in total. The molecule has 1 amide bonds. The first-order valence-corrected chi connectivity index (χ1v) is 15.3. The van der Waals surface area contributed by atoms with Crippen LogP contribution in [-0.2, 0) is 11.2 Å². The van der Waals surface area contributed by atoms with Crippen LogP contribution in [0.25, 0.3) is 21.8 Å². The number of hydrogen-bond acceptors (Lipinski definition) is 7. The molecule has 5 aromatic rings. The van der Waals surface area contributed by atoms with Gasteiger partial charge in [0.2, 0.25) is 5.91 Å². The van der Waals surface area contributed by atoms with Gasteiger partial charge in [-0.15, -0.1) is 0 Å². The van der Waals surface area contributed by atoms with Crippen molar-refractivity contribution in [2.45, 2.75) is 47.6 Å². The number of hydrogen-bond donors (Lipinski definition) is 4. The summed E-state index contributed by atoms with van der Waals surface area (Å²) in [5, 5.41) is 5.30. The van der Waals surface area contributed by atoms with Gasteiger partial charge in [0, 0.05) is 44.8 Å². The van der Waals surface area contributed by atoms with Crippen molar-refractivity contribution in [3.8, 4) is 0 Å². The number of pyridine rings is 2. The summed E-state index contributed by atoms with van der Waals surface area (Å²) in [6.45, 7) is 0.640. The van der Waals surface area contributed by atoms with E-state index in [0.717, 1.165) is 50.9 Å². The topological polar surface area (TPSA) is 107 Å². The highest BCUT2D eigenvalue weighted by atomic mass is 32.2. The molecule has 0 bridgehead atoms. The molecule has 0 aliphatic carbocycles. The number of rotatable bonds is 11. The highest BCUT2D eigenvalue weighted by Gasteiger charge is 2.17. The molecule has 212 valence electrons. The van der Waals surface area contributed by atoms with Gasteiger partial charge in [-0.1, -0.05) is 84.9 Å². The Bertz CT molecular complexity index is 1460. The molecular formula is C33H37N5OS2. The quantitative estimate of drug-likeness (QED) is 0.112. The fourth-order valence-electron chi connectivity index (χ4n) is 4.36. The van der Waals surface area contributed by atoms with Gasteiger partial charge >= 0.3 is 0 Å². The first kappa shape index (κ1) is 30.5. The summed E-state index contributed by atoms with van der Waals surface area (Å²) >= 11 is 5.99. The van der Waals surface area contributed by atoms with Crippen LogP contribution in [0.2, 0.25) is 0 Å². The number of nitrogens with one attached hydrogen (secondary N) is 1. The number of para-hydroxylation sites is 2. The number of unbranched alkanes of at least 4 members (excludes halogenated alkanes) is 1. The van der Waals surface area contributed by atoms with Gasteiger partial charge < -0.3 is 16.8 Å². The number of benzene rings is 3. The Morgan fingerprint density at radius 2 is 1.39 bits per heavy atom. The van der Waals surface area contributed by atoms with E-state index in [1.54, 1.807) is 11.8 Å². The predicted molar refractivity (Wildman–Crippen MR) is 174 cm³/mol. The molecular weight excluding hydrogens is 547 g/mol. The van der Waals surface area contributed by atoms with E-state index in [1.807, 2.05) is 79.1 Å². The molecule has 0 unspecified atom stereocenters. The van der Waals surface area contributed by atoms with E-state index in [-0.39, 0.29) is 11.9 Å². The maximum atomic E-state index is 12.0. The Labute approximate surface area is 251 Å². The number of nitrogens with zero attached hydrogens (tertiary/aromatic N) is 2. The minimum Gasteiger partial charge on any atom is -0.351 e. The second-order valence-electron chi connectivity index (χ2n) is 9.80. The zero-order valence-corrected chi connectivity index (χ0v) is 24.7. The molecule has 2 heterocycles. The first-order chi connectivity index (χ1) is 20.1. The molecule has 2 atom stereocenters. The smallest absolute Gasteiger partial charge is 0.237 e. The van der Waals surface area contributed by atoms with Crippen LogP contribution in [-0.4, -0.2) is 40.3 Å². The maximum absolute atomic E-state index is 12.0. The number of thiol groups is 1. The highest BCUT2D eigenvalue weighted by molar-refractivity contribution is 7.99. The molecule has 0 saturated carbocycles. The van der Waals surface area contributed by atoms with E-state index in [4.69, 9.17) is 11.5 Å². The van der Waals surface area contributed by atoms with E-state index in [0.29, 0.717) is 18.7 Å². The van der Waals surface area contributed by atoms with Crippen molar-refractivity contribution in [1.29, 1.82) is 0 Å². The summed E-state index contributed by atoms with van der Waals surface area (Å²) in [6, 6.07) is 30.3. The number of carbonyl (C=O) groups excluding carboxylic acids is 1. The van der Waals surface area contributed by atoms with E-state index in [9.17, 15) is 4.79 Å².